The van der Waals surface area contributed by atoms with Crippen LogP contribution in [0.25, 0.3) is 17.1 Å². The van der Waals surface area contributed by atoms with Gasteiger partial charge in [0.05, 0.1) is 17.5 Å². The van der Waals surface area contributed by atoms with Crippen molar-refractivity contribution < 1.29 is 14.3 Å². The molecule has 3 N–H and O–H groups in total. The number of benzene rings is 1. The maximum absolute atomic E-state index is 11.2. The lowest BCUT2D eigenvalue weighted by molar-refractivity contribution is 0.0697. The molecule has 0 atom stereocenters. The van der Waals surface area contributed by atoms with Gasteiger partial charge >= 0.3 is 5.97 Å². The maximum atomic E-state index is 11.2. The third-order valence-electron chi connectivity index (χ3n) is 2.82. The van der Waals surface area contributed by atoms with Crippen LogP contribution in [-0.2, 0) is 0 Å². The highest BCUT2D eigenvalue weighted by molar-refractivity contribution is 5.92. The van der Waals surface area contributed by atoms with Crippen molar-refractivity contribution in [2.24, 2.45) is 0 Å². The monoisotopic (exact) mass is 270 g/mol. The van der Waals surface area contributed by atoms with Crippen LogP contribution in [0.3, 0.4) is 0 Å². The molecule has 7 heteroatoms. The molecule has 0 saturated heterocycles. The summed E-state index contributed by atoms with van der Waals surface area (Å²) in [6, 6.07) is 9.83. The third-order valence-corrected chi connectivity index (χ3v) is 2.82. The van der Waals surface area contributed by atoms with Crippen LogP contribution in [0.2, 0.25) is 0 Å². The number of anilines is 1. The molecule has 20 heavy (non-hydrogen) atoms. The van der Waals surface area contributed by atoms with Gasteiger partial charge in [-0.15, -0.1) is 5.10 Å². The molecule has 2 aromatic heterocycles. The van der Waals surface area contributed by atoms with Crippen LogP contribution in [0.5, 0.6) is 0 Å². The van der Waals surface area contributed by atoms with E-state index in [1.165, 1.54) is 17.0 Å². The van der Waals surface area contributed by atoms with Gasteiger partial charge in [-0.05, 0) is 24.3 Å². The van der Waals surface area contributed by atoms with Gasteiger partial charge in [-0.2, -0.15) is 4.68 Å². The summed E-state index contributed by atoms with van der Waals surface area (Å²) in [7, 11) is 0. The Kier molecular flexibility index (Phi) is 2.72. The zero-order valence-electron chi connectivity index (χ0n) is 10.2. The minimum absolute atomic E-state index is 0.0927. The van der Waals surface area contributed by atoms with Crippen molar-refractivity contribution in [1.29, 1.82) is 0 Å². The number of hydrogen-bond donors (Lipinski definition) is 2. The van der Waals surface area contributed by atoms with Crippen molar-refractivity contribution in [3.05, 3.63) is 48.2 Å². The van der Waals surface area contributed by atoms with E-state index in [0.717, 1.165) is 0 Å². The van der Waals surface area contributed by atoms with Gasteiger partial charge in [-0.25, -0.2) is 4.79 Å². The number of para-hydroxylation sites is 1. The van der Waals surface area contributed by atoms with Gasteiger partial charge in [0, 0.05) is 0 Å². The molecule has 0 aliphatic heterocycles. The molecule has 0 saturated carbocycles. The van der Waals surface area contributed by atoms with Crippen LogP contribution in [-0.4, -0.2) is 26.1 Å². The molecule has 0 bridgehead atoms. The fourth-order valence-corrected chi connectivity index (χ4v) is 1.90. The zero-order valence-corrected chi connectivity index (χ0v) is 10.2. The molecule has 7 nitrogen and oxygen atoms in total. The lowest BCUT2D eigenvalue weighted by atomic mass is 10.2. The molecular weight excluding hydrogens is 260 g/mol. The van der Waals surface area contributed by atoms with E-state index >= 15 is 0 Å². The summed E-state index contributed by atoms with van der Waals surface area (Å²) in [6.45, 7) is 0. The Morgan fingerprint density at radius 3 is 2.75 bits per heavy atom. The smallest absolute Gasteiger partial charge is 0.337 e. The lowest BCUT2D eigenvalue weighted by Crippen LogP contribution is -2.08. The van der Waals surface area contributed by atoms with Crippen molar-refractivity contribution in [2.75, 3.05) is 5.73 Å². The van der Waals surface area contributed by atoms with E-state index in [4.69, 9.17) is 10.2 Å². The van der Waals surface area contributed by atoms with Crippen molar-refractivity contribution in [3.63, 3.8) is 0 Å². The van der Waals surface area contributed by atoms with E-state index in [0.29, 0.717) is 17.1 Å². The molecule has 3 rings (SSSR count). The average molecular weight is 270 g/mol. The Bertz CT molecular complexity index is 762. The van der Waals surface area contributed by atoms with Gasteiger partial charge in [0.2, 0.25) is 0 Å². The van der Waals surface area contributed by atoms with Crippen LogP contribution in [0.15, 0.2) is 47.1 Å². The number of aromatic carboxylic acids is 1. The van der Waals surface area contributed by atoms with Crippen LogP contribution in [0.4, 0.5) is 5.82 Å². The first-order valence-electron chi connectivity index (χ1n) is 5.76. The fraction of sp³-hybridized carbons (Fsp3) is 0. The van der Waals surface area contributed by atoms with E-state index in [-0.39, 0.29) is 11.4 Å². The van der Waals surface area contributed by atoms with Gasteiger partial charge in [0.25, 0.3) is 0 Å². The van der Waals surface area contributed by atoms with Gasteiger partial charge in [-0.3, -0.25) is 0 Å². The van der Waals surface area contributed by atoms with Crippen molar-refractivity contribution in [3.8, 4) is 17.1 Å². The summed E-state index contributed by atoms with van der Waals surface area (Å²) in [5, 5.41) is 17.0. The molecule has 0 amide bonds. The zero-order chi connectivity index (χ0) is 14.1. The number of nitrogens with two attached hydrogens (primary N) is 1. The average Bonchev–Trinajstić information content (AvgIpc) is 3.07. The summed E-state index contributed by atoms with van der Waals surface area (Å²) in [6.07, 6.45) is 1.50. The molecule has 2 heterocycles. The Morgan fingerprint density at radius 2 is 2.05 bits per heavy atom. The minimum atomic E-state index is -1.06. The van der Waals surface area contributed by atoms with Crippen molar-refractivity contribution in [1.82, 2.24) is 15.0 Å². The topological polar surface area (TPSA) is 107 Å². The minimum Gasteiger partial charge on any atom is -0.478 e. The van der Waals surface area contributed by atoms with E-state index in [1.807, 2.05) is 0 Å². The summed E-state index contributed by atoms with van der Waals surface area (Å²) in [4.78, 5) is 11.2. The quantitative estimate of drug-likeness (QED) is 0.751. The standard InChI is InChI=1S/C13H10N4O3/c14-12-11(10-6-3-7-20-10)15-16-17(12)9-5-2-1-4-8(9)13(18)19/h1-7H,14H2,(H,18,19). The number of furan rings is 1. The normalized spacial score (nSPS) is 10.6. The number of carboxylic acid groups (broad SMARTS) is 1. The predicted octanol–water partition coefficient (Wildman–Crippen LogP) is 1.81. The largest absolute Gasteiger partial charge is 0.478 e. The second-order valence-electron chi connectivity index (χ2n) is 4.03. The number of carboxylic acids is 1. The molecule has 0 aliphatic rings. The molecule has 100 valence electrons. The highest BCUT2D eigenvalue weighted by Gasteiger charge is 2.18. The second kappa shape index (κ2) is 4.54. The number of hydrogen-bond acceptors (Lipinski definition) is 5. The number of aromatic nitrogens is 3. The van der Waals surface area contributed by atoms with Crippen molar-refractivity contribution in [2.45, 2.75) is 0 Å². The summed E-state index contributed by atoms with van der Waals surface area (Å²) < 4.78 is 6.49. The third kappa shape index (κ3) is 1.81. The predicted molar refractivity (Wildman–Crippen MR) is 70.4 cm³/mol. The van der Waals surface area contributed by atoms with Crippen LogP contribution in [0.1, 0.15) is 10.4 Å². The molecule has 0 aliphatic carbocycles. The molecule has 1 aromatic carbocycles. The molecule has 3 aromatic rings. The van der Waals surface area contributed by atoms with E-state index in [9.17, 15) is 9.90 Å². The van der Waals surface area contributed by atoms with Crippen molar-refractivity contribution >= 4 is 11.8 Å². The van der Waals surface area contributed by atoms with Crippen LogP contribution >= 0.6 is 0 Å². The van der Waals surface area contributed by atoms with Gasteiger partial charge in [0.1, 0.15) is 0 Å². The molecule has 0 fully saturated rings. The van der Waals surface area contributed by atoms with Crippen LogP contribution in [0, 0.1) is 0 Å². The van der Waals surface area contributed by atoms with E-state index < -0.39 is 5.97 Å². The van der Waals surface area contributed by atoms with Crippen LogP contribution < -0.4 is 5.73 Å². The summed E-state index contributed by atoms with van der Waals surface area (Å²) >= 11 is 0. The Labute approximate surface area is 113 Å². The highest BCUT2D eigenvalue weighted by atomic mass is 16.4. The fourth-order valence-electron chi connectivity index (χ4n) is 1.90. The summed E-state index contributed by atoms with van der Waals surface area (Å²) in [5.74, 6) is -0.370. The van der Waals surface area contributed by atoms with Gasteiger partial charge in [0.15, 0.2) is 17.3 Å². The first kappa shape index (κ1) is 12.0. The Hall–Kier alpha value is -3.09. The number of nitrogen functional groups attached to an aromatic ring is 1. The highest BCUT2D eigenvalue weighted by Crippen LogP contribution is 2.26. The first-order valence-corrected chi connectivity index (χ1v) is 5.76. The van der Waals surface area contributed by atoms with E-state index in [1.54, 1.807) is 30.3 Å². The lowest BCUT2D eigenvalue weighted by Gasteiger charge is -2.06. The molecule has 0 unspecified atom stereocenters. The SMILES string of the molecule is Nc1c(-c2ccco2)nnn1-c1ccccc1C(=O)O. The number of carbonyl (C=O) groups is 1. The molecule has 0 spiro atoms. The maximum Gasteiger partial charge on any atom is 0.337 e. The number of nitrogens with zero attached hydrogens (tertiary/aromatic N) is 3. The summed E-state index contributed by atoms with van der Waals surface area (Å²) in [5.41, 5.74) is 6.79. The molecular formula is C13H10N4O3. The Balaban J connectivity index is 2.15. The van der Waals surface area contributed by atoms with Gasteiger partial charge < -0.3 is 15.3 Å². The van der Waals surface area contributed by atoms with Gasteiger partial charge in [-0.1, -0.05) is 17.3 Å². The first-order chi connectivity index (χ1) is 9.68. The molecule has 0 radical (unpaired) electrons. The van der Waals surface area contributed by atoms with E-state index in [2.05, 4.69) is 10.3 Å². The number of rotatable bonds is 3. The second-order valence-corrected chi connectivity index (χ2v) is 4.03. The Morgan fingerprint density at radius 1 is 1.25 bits per heavy atom.